The predicted octanol–water partition coefficient (Wildman–Crippen LogP) is 7.35. The Morgan fingerprint density at radius 2 is 1.64 bits per heavy atom. The first-order valence-corrected chi connectivity index (χ1v) is 17.4. The zero-order valence-electron chi connectivity index (χ0n) is 31.0. The van der Waals surface area contributed by atoms with E-state index >= 15 is 0 Å². The molecule has 16 heteroatoms. The summed E-state index contributed by atoms with van der Waals surface area (Å²) in [6.07, 6.45) is 0.936. The highest BCUT2D eigenvalue weighted by Crippen LogP contribution is 2.21. The Morgan fingerprint density at radius 1 is 0.906 bits per heavy atom. The molecule has 2 aromatic carbocycles. The van der Waals surface area contributed by atoms with E-state index in [-0.39, 0.29) is 37.2 Å². The Morgan fingerprint density at radius 3 is 2.34 bits per heavy atom. The normalized spacial score (nSPS) is 12.7. The maximum absolute atomic E-state index is 13.9. The van der Waals surface area contributed by atoms with E-state index in [0.29, 0.717) is 35.6 Å². The van der Waals surface area contributed by atoms with Gasteiger partial charge in [0, 0.05) is 25.2 Å². The molecule has 1 heterocycles. The van der Waals surface area contributed by atoms with Crippen LogP contribution < -0.4 is 16.0 Å². The van der Waals surface area contributed by atoms with Crippen LogP contribution in [-0.4, -0.2) is 84.2 Å². The number of pyridine rings is 1. The highest BCUT2D eigenvalue weighted by atomic mass is 35.5. The summed E-state index contributed by atoms with van der Waals surface area (Å²) in [6.45, 7) is 10.1. The highest BCUT2D eigenvalue weighted by molar-refractivity contribution is 6.31. The van der Waals surface area contributed by atoms with Crippen LogP contribution >= 0.6 is 11.6 Å². The molecule has 3 N–H and O–H groups in total. The molecule has 290 valence electrons. The third-order valence-corrected chi connectivity index (χ3v) is 7.91. The number of likely N-dealkylation sites (N-methyl/N-ethyl adjacent to an activating group) is 1. The molecule has 53 heavy (non-hydrogen) atoms. The van der Waals surface area contributed by atoms with E-state index in [1.807, 2.05) is 20.8 Å². The van der Waals surface area contributed by atoms with E-state index < -0.39 is 59.1 Å². The molecule has 0 saturated heterocycles. The number of benzene rings is 2. The van der Waals surface area contributed by atoms with Gasteiger partial charge in [-0.05, 0) is 102 Å². The van der Waals surface area contributed by atoms with E-state index in [9.17, 15) is 28.0 Å². The molecule has 0 unspecified atom stereocenters. The second-order valence-electron chi connectivity index (χ2n) is 14.2. The van der Waals surface area contributed by atoms with E-state index in [0.717, 1.165) is 0 Å². The summed E-state index contributed by atoms with van der Waals surface area (Å²) in [7, 11) is 1.51. The number of rotatable bonds is 15. The zero-order valence-corrected chi connectivity index (χ0v) is 31.8. The Hall–Kier alpha value is -4.76. The number of hydrogen-bond acceptors (Lipinski definition) is 9. The maximum Gasteiger partial charge on any atom is 0.412 e. The van der Waals surface area contributed by atoms with Crippen LogP contribution in [0.4, 0.5) is 29.0 Å². The molecule has 0 aliphatic carbocycles. The van der Waals surface area contributed by atoms with Gasteiger partial charge in [-0.2, -0.15) is 0 Å². The van der Waals surface area contributed by atoms with Crippen molar-refractivity contribution in [3.05, 3.63) is 70.9 Å². The van der Waals surface area contributed by atoms with Gasteiger partial charge in [0.1, 0.15) is 29.7 Å². The Bertz CT molecular complexity index is 1730. The standard InChI is InChI=1S/C37H48ClF2N5O8/c1-36(2,3)52-22-29(43-35(49)53-37(4,5)6)32(46)50-16-9-8-12-27(45(7)33(47)42-20-24-11-10-13-28(40)31(24)38)21-51-34(48)44-30-18-25-17-26(39)15-14-23(25)19-41-30/h10-11,13-15,17-19,27,29H,8-9,12,16,20-22H2,1-7H3,(H,42,47)(H,43,49)(H,41,44,48)/t27-,29-/m0/s1. The second-order valence-corrected chi connectivity index (χ2v) is 14.6. The number of halogens is 3. The first-order chi connectivity index (χ1) is 24.8. The number of urea groups is 1. The lowest BCUT2D eigenvalue weighted by atomic mass is 10.1. The second kappa shape index (κ2) is 19.4. The number of amides is 4. The van der Waals surface area contributed by atoms with Crippen molar-refractivity contribution in [3.8, 4) is 0 Å². The molecular formula is C37H48ClF2N5O8. The van der Waals surface area contributed by atoms with Crippen molar-refractivity contribution in [2.24, 2.45) is 0 Å². The summed E-state index contributed by atoms with van der Waals surface area (Å²) >= 11 is 6.04. The summed E-state index contributed by atoms with van der Waals surface area (Å²) in [4.78, 5) is 56.7. The predicted molar refractivity (Wildman–Crippen MR) is 196 cm³/mol. The molecule has 0 aliphatic rings. The summed E-state index contributed by atoms with van der Waals surface area (Å²) in [5.41, 5.74) is -0.998. The van der Waals surface area contributed by atoms with Gasteiger partial charge in [0.25, 0.3) is 0 Å². The molecule has 3 rings (SSSR count). The first kappa shape index (κ1) is 42.7. The molecule has 4 amide bonds. The molecule has 0 fully saturated rings. The third-order valence-electron chi connectivity index (χ3n) is 7.48. The van der Waals surface area contributed by atoms with Crippen LogP contribution in [0.25, 0.3) is 10.8 Å². The summed E-state index contributed by atoms with van der Waals surface area (Å²) < 4.78 is 49.5. The van der Waals surface area contributed by atoms with Crippen LogP contribution in [0.2, 0.25) is 5.02 Å². The fraction of sp³-hybridized carbons (Fsp3) is 0.486. The lowest BCUT2D eigenvalue weighted by Crippen LogP contribution is -2.48. The van der Waals surface area contributed by atoms with Crippen LogP contribution in [0.5, 0.6) is 0 Å². The SMILES string of the molecule is CN(C(=O)NCc1cccc(F)c1Cl)[C@@H](CCCCOC(=O)[C@H](COC(C)(C)C)NC(=O)OC(C)(C)C)COC(=O)Nc1cc2cc(F)ccc2cn1. The van der Waals surface area contributed by atoms with Crippen molar-refractivity contribution in [1.29, 1.82) is 0 Å². The number of esters is 1. The van der Waals surface area contributed by atoms with Crippen molar-refractivity contribution in [3.63, 3.8) is 0 Å². The largest absolute Gasteiger partial charge is 0.464 e. The lowest BCUT2D eigenvalue weighted by Gasteiger charge is -2.28. The van der Waals surface area contributed by atoms with Gasteiger partial charge in [-0.15, -0.1) is 0 Å². The highest BCUT2D eigenvalue weighted by Gasteiger charge is 2.28. The average molecular weight is 764 g/mol. The topological polar surface area (TPSA) is 157 Å². The van der Waals surface area contributed by atoms with Crippen LogP contribution in [0.1, 0.15) is 66.4 Å². The van der Waals surface area contributed by atoms with Crippen LogP contribution in [0.15, 0.2) is 48.7 Å². The van der Waals surface area contributed by atoms with E-state index in [2.05, 4.69) is 20.9 Å². The monoisotopic (exact) mass is 763 g/mol. The molecule has 0 saturated carbocycles. The fourth-order valence-corrected chi connectivity index (χ4v) is 4.93. The van der Waals surface area contributed by atoms with E-state index in [4.69, 9.17) is 30.5 Å². The van der Waals surface area contributed by atoms with Crippen LogP contribution in [-0.2, 0) is 30.3 Å². The van der Waals surface area contributed by atoms with Crippen molar-refractivity contribution in [2.75, 3.05) is 32.2 Å². The molecule has 0 aliphatic heterocycles. The Labute approximate surface area is 313 Å². The quantitative estimate of drug-likeness (QED) is 0.0818. The Balaban J connectivity index is 1.61. The number of hydrogen-bond donors (Lipinski definition) is 3. The minimum atomic E-state index is -1.12. The van der Waals surface area contributed by atoms with Crippen LogP contribution in [0.3, 0.4) is 0 Å². The molecule has 3 aromatic rings. The van der Waals surface area contributed by atoms with Gasteiger partial charge in [0.05, 0.1) is 29.9 Å². The van der Waals surface area contributed by atoms with Crippen molar-refractivity contribution in [2.45, 2.75) is 90.6 Å². The maximum atomic E-state index is 13.9. The van der Waals surface area contributed by atoms with Gasteiger partial charge in [0.15, 0.2) is 6.04 Å². The van der Waals surface area contributed by atoms with Crippen LogP contribution in [0, 0.1) is 11.6 Å². The van der Waals surface area contributed by atoms with Gasteiger partial charge in [0.2, 0.25) is 0 Å². The van der Waals surface area contributed by atoms with Gasteiger partial charge < -0.3 is 34.5 Å². The number of nitrogens with zero attached hydrogens (tertiary/aromatic N) is 2. The van der Waals surface area contributed by atoms with Crippen molar-refractivity contribution in [1.82, 2.24) is 20.5 Å². The molecule has 1 aromatic heterocycles. The minimum absolute atomic E-state index is 0.0167. The Kier molecular flexibility index (Phi) is 15.6. The number of anilines is 1. The van der Waals surface area contributed by atoms with Crippen molar-refractivity contribution >= 4 is 52.4 Å². The van der Waals surface area contributed by atoms with Gasteiger partial charge in [-0.25, -0.2) is 32.9 Å². The molecule has 0 radical (unpaired) electrons. The minimum Gasteiger partial charge on any atom is -0.464 e. The zero-order chi connectivity index (χ0) is 39.3. The molecule has 13 nitrogen and oxygen atoms in total. The third kappa shape index (κ3) is 15.0. The smallest absolute Gasteiger partial charge is 0.412 e. The summed E-state index contributed by atoms with van der Waals surface area (Å²) in [5.74, 6) is -1.64. The van der Waals surface area contributed by atoms with E-state index in [1.165, 1.54) is 48.5 Å². The summed E-state index contributed by atoms with van der Waals surface area (Å²) in [6, 6.07) is 7.62. The number of nitrogens with one attached hydrogen (secondary N) is 3. The van der Waals surface area contributed by atoms with E-state index in [1.54, 1.807) is 32.9 Å². The molecule has 0 spiro atoms. The average Bonchev–Trinajstić information content (AvgIpc) is 3.06. The number of carbonyl (C=O) groups excluding carboxylic acids is 4. The number of aromatic nitrogens is 1. The number of fused-ring (bicyclic) bond motifs is 1. The first-order valence-electron chi connectivity index (χ1n) is 17.0. The summed E-state index contributed by atoms with van der Waals surface area (Å²) in [5, 5.41) is 8.79. The molecule has 2 atom stereocenters. The van der Waals surface area contributed by atoms with Gasteiger partial charge in [-0.1, -0.05) is 23.7 Å². The molecular weight excluding hydrogens is 716 g/mol. The molecule has 0 bridgehead atoms. The number of unbranched alkanes of at least 4 members (excludes halogenated alkanes) is 1. The van der Waals surface area contributed by atoms with Gasteiger partial charge >= 0.3 is 24.2 Å². The number of alkyl carbamates (subject to hydrolysis) is 1. The fourth-order valence-electron chi connectivity index (χ4n) is 4.74. The number of carbonyl (C=O) groups is 4. The lowest BCUT2D eigenvalue weighted by molar-refractivity contribution is -0.149. The van der Waals surface area contributed by atoms with Crippen molar-refractivity contribution < 1.29 is 46.9 Å². The van der Waals surface area contributed by atoms with Gasteiger partial charge in [-0.3, -0.25) is 5.32 Å². The number of ether oxygens (including phenoxy) is 4.